The molecule has 2 atom stereocenters. The van der Waals surface area contributed by atoms with Crippen molar-refractivity contribution in [2.75, 3.05) is 13.1 Å². The number of hydrogen-bond donors (Lipinski definition) is 1. The number of amides is 2. The van der Waals surface area contributed by atoms with E-state index in [-0.39, 0.29) is 18.0 Å². The zero-order valence-corrected chi connectivity index (χ0v) is 15.1. The summed E-state index contributed by atoms with van der Waals surface area (Å²) in [7, 11) is 1.96. The molecule has 2 aromatic rings. The van der Waals surface area contributed by atoms with Crippen LogP contribution >= 0.6 is 0 Å². The molecule has 0 radical (unpaired) electrons. The van der Waals surface area contributed by atoms with Gasteiger partial charge in [0, 0.05) is 26.1 Å². The summed E-state index contributed by atoms with van der Waals surface area (Å²) in [5.41, 5.74) is 1.17. The Labute approximate surface area is 149 Å². The molecular formula is C19H27N5O. The third-order valence-electron chi connectivity index (χ3n) is 4.90. The number of piperidine rings is 1. The summed E-state index contributed by atoms with van der Waals surface area (Å²) in [6.45, 7) is 3.65. The minimum atomic E-state index is 0.0224. The van der Waals surface area contributed by atoms with Gasteiger partial charge in [-0.15, -0.1) is 10.2 Å². The number of carbonyl (C=O) groups is 1. The normalized spacial score (nSPS) is 18.8. The Kier molecular flexibility index (Phi) is 5.68. The summed E-state index contributed by atoms with van der Waals surface area (Å²) in [4.78, 5) is 14.8. The van der Waals surface area contributed by atoms with Crippen molar-refractivity contribution in [3.05, 3.63) is 48.0 Å². The van der Waals surface area contributed by atoms with Crippen molar-refractivity contribution in [3.63, 3.8) is 0 Å². The highest BCUT2D eigenvalue weighted by molar-refractivity contribution is 5.75. The second kappa shape index (κ2) is 8.14. The van der Waals surface area contributed by atoms with Gasteiger partial charge in [0.1, 0.15) is 12.2 Å². The standard InChI is InChI=1S/C19H27N5O/c1-3-8-17(15-9-5-4-6-10-15)21-19(25)24-12-7-11-16(13-24)18-22-20-14-23(18)2/h4-6,9-10,14,16-17H,3,7-8,11-13H2,1-2H3,(H,21,25)/t16-,17+/m0/s1. The van der Waals surface area contributed by atoms with Gasteiger partial charge in [0.15, 0.2) is 0 Å². The lowest BCUT2D eigenvalue weighted by Crippen LogP contribution is -2.46. The van der Waals surface area contributed by atoms with Gasteiger partial charge in [0.05, 0.1) is 6.04 Å². The maximum atomic E-state index is 12.8. The molecule has 25 heavy (non-hydrogen) atoms. The molecule has 1 aliphatic heterocycles. The van der Waals surface area contributed by atoms with Crippen LogP contribution in [0.2, 0.25) is 0 Å². The Morgan fingerprint density at radius 3 is 2.84 bits per heavy atom. The van der Waals surface area contributed by atoms with Gasteiger partial charge in [-0.3, -0.25) is 0 Å². The number of nitrogens with zero attached hydrogens (tertiary/aromatic N) is 4. The molecule has 6 heteroatoms. The van der Waals surface area contributed by atoms with Crippen LogP contribution in [0.1, 0.15) is 56.0 Å². The molecule has 1 aromatic heterocycles. The second-order valence-corrected chi connectivity index (χ2v) is 6.79. The van der Waals surface area contributed by atoms with Crippen molar-refractivity contribution in [2.24, 2.45) is 7.05 Å². The quantitative estimate of drug-likeness (QED) is 0.908. The predicted octanol–water partition coefficient (Wildman–Crippen LogP) is 3.25. The van der Waals surface area contributed by atoms with E-state index in [0.717, 1.165) is 38.1 Å². The van der Waals surface area contributed by atoms with Crippen molar-refractivity contribution in [2.45, 2.75) is 44.6 Å². The average Bonchev–Trinajstić information content (AvgIpc) is 3.08. The van der Waals surface area contributed by atoms with E-state index in [9.17, 15) is 4.79 Å². The third-order valence-corrected chi connectivity index (χ3v) is 4.90. The maximum absolute atomic E-state index is 12.8. The lowest BCUT2D eigenvalue weighted by molar-refractivity contribution is 0.173. The number of urea groups is 1. The van der Waals surface area contributed by atoms with Crippen LogP contribution in [0.5, 0.6) is 0 Å². The third kappa shape index (κ3) is 4.18. The fraction of sp³-hybridized carbons (Fsp3) is 0.526. The minimum Gasteiger partial charge on any atom is -0.331 e. The van der Waals surface area contributed by atoms with Crippen LogP contribution in [0, 0.1) is 0 Å². The first-order valence-electron chi connectivity index (χ1n) is 9.13. The van der Waals surface area contributed by atoms with E-state index in [1.807, 2.05) is 34.7 Å². The molecule has 0 unspecified atom stereocenters. The predicted molar refractivity (Wildman–Crippen MR) is 97.2 cm³/mol. The Balaban J connectivity index is 1.66. The van der Waals surface area contributed by atoms with Crippen LogP contribution in [0.25, 0.3) is 0 Å². The minimum absolute atomic E-state index is 0.0224. The van der Waals surface area contributed by atoms with Crippen molar-refractivity contribution in [1.82, 2.24) is 25.0 Å². The van der Waals surface area contributed by atoms with Crippen molar-refractivity contribution >= 4 is 6.03 Å². The molecule has 6 nitrogen and oxygen atoms in total. The summed E-state index contributed by atoms with van der Waals surface area (Å²) in [6, 6.07) is 10.3. The van der Waals surface area contributed by atoms with Crippen LogP contribution in [0.3, 0.4) is 0 Å². The van der Waals surface area contributed by atoms with Gasteiger partial charge in [-0.25, -0.2) is 4.79 Å². The molecule has 2 heterocycles. The molecule has 0 aliphatic carbocycles. The first kappa shape index (κ1) is 17.5. The number of hydrogen-bond acceptors (Lipinski definition) is 3. The zero-order chi connectivity index (χ0) is 17.6. The number of likely N-dealkylation sites (tertiary alicyclic amines) is 1. The van der Waals surface area contributed by atoms with E-state index in [1.165, 1.54) is 5.56 Å². The maximum Gasteiger partial charge on any atom is 0.317 e. The Hall–Kier alpha value is -2.37. The highest BCUT2D eigenvalue weighted by Crippen LogP contribution is 2.26. The van der Waals surface area contributed by atoms with Crippen LogP contribution in [0.15, 0.2) is 36.7 Å². The number of carbonyl (C=O) groups excluding carboxylic acids is 1. The van der Waals surface area contributed by atoms with Gasteiger partial charge in [-0.05, 0) is 24.8 Å². The van der Waals surface area contributed by atoms with Crippen LogP contribution in [0.4, 0.5) is 4.79 Å². The average molecular weight is 341 g/mol. The highest BCUT2D eigenvalue weighted by Gasteiger charge is 2.28. The van der Waals surface area contributed by atoms with E-state index in [2.05, 4.69) is 34.6 Å². The lowest BCUT2D eigenvalue weighted by atomic mass is 9.97. The summed E-state index contributed by atoms with van der Waals surface area (Å²) in [6.07, 6.45) is 5.74. The molecule has 1 fully saturated rings. The number of rotatable bonds is 5. The van der Waals surface area contributed by atoms with Gasteiger partial charge < -0.3 is 14.8 Å². The first-order chi connectivity index (χ1) is 12.2. The smallest absolute Gasteiger partial charge is 0.317 e. The topological polar surface area (TPSA) is 63.1 Å². The van der Waals surface area contributed by atoms with Crippen molar-refractivity contribution < 1.29 is 4.79 Å². The fourth-order valence-corrected chi connectivity index (χ4v) is 3.57. The number of aryl methyl sites for hydroxylation is 1. The molecule has 1 aromatic carbocycles. The molecule has 134 valence electrons. The van der Waals surface area contributed by atoms with E-state index >= 15 is 0 Å². The van der Waals surface area contributed by atoms with Crippen molar-refractivity contribution in [3.8, 4) is 0 Å². The Morgan fingerprint density at radius 1 is 1.36 bits per heavy atom. The van der Waals surface area contributed by atoms with E-state index in [4.69, 9.17) is 0 Å². The van der Waals surface area contributed by atoms with Gasteiger partial charge in [0.25, 0.3) is 0 Å². The molecular weight excluding hydrogens is 314 g/mol. The molecule has 3 rings (SSSR count). The van der Waals surface area contributed by atoms with E-state index < -0.39 is 0 Å². The molecule has 2 amide bonds. The van der Waals surface area contributed by atoms with Gasteiger partial charge in [-0.1, -0.05) is 43.7 Å². The number of aromatic nitrogens is 3. The van der Waals surface area contributed by atoms with E-state index in [0.29, 0.717) is 6.54 Å². The first-order valence-corrected chi connectivity index (χ1v) is 9.13. The molecule has 1 saturated heterocycles. The molecule has 1 N–H and O–H groups in total. The van der Waals surface area contributed by atoms with Gasteiger partial charge >= 0.3 is 6.03 Å². The summed E-state index contributed by atoms with van der Waals surface area (Å²) >= 11 is 0. The van der Waals surface area contributed by atoms with Crippen LogP contribution < -0.4 is 5.32 Å². The van der Waals surface area contributed by atoms with Gasteiger partial charge in [0.2, 0.25) is 0 Å². The SMILES string of the molecule is CCC[C@@H](NC(=O)N1CCC[C@H](c2nncn2C)C1)c1ccccc1. The number of nitrogens with one attached hydrogen (secondary N) is 1. The molecule has 0 saturated carbocycles. The summed E-state index contributed by atoms with van der Waals surface area (Å²) in [5.74, 6) is 1.22. The zero-order valence-electron chi connectivity index (χ0n) is 15.1. The molecule has 0 spiro atoms. The van der Waals surface area contributed by atoms with Crippen molar-refractivity contribution in [1.29, 1.82) is 0 Å². The highest BCUT2D eigenvalue weighted by atomic mass is 16.2. The lowest BCUT2D eigenvalue weighted by Gasteiger charge is -2.33. The van der Waals surface area contributed by atoms with Crippen LogP contribution in [-0.2, 0) is 7.05 Å². The summed E-state index contributed by atoms with van der Waals surface area (Å²) in [5, 5.41) is 11.4. The molecule has 0 bridgehead atoms. The second-order valence-electron chi connectivity index (χ2n) is 6.79. The van der Waals surface area contributed by atoms with E-state index in [1.54, 1.807) is 6.33 Å². The van der Waals surface area contributed by atoms with Gasteiger partial charge in [-0.2, -0.15) is 0 Å². The van der Waals surface area contributed by atoms with Crippen LogP contribution in [-0.4, -0.2) is 38.8 Å². The monoisotopic (exact) mass is 341 g/mol. The largest absolute Gasteiger partial charge is 0.331 e. The number of benzene rings is 1. The Bertz CT molecular complexity index is 684. The molecule has 1 aliphatic rings. The summed E-state index contributed by atoms with van der Waals surface area (Å²) < 4.78 is 1.95. The fourth-order valence-electron chi connectivity index (χ4n) is 3.57. The Morgan fingerprint density at radius 2 is 2.16 bits per heavy atom.